The second-order valence-corrected chi connectivity index (χ2v) is 9.20. The van der Waals surface area contributed by atoms with Gasteiger partial charge in [-0.1, -0.05) is 32.4 Å². The molecule has 4 fully saturated rings. The summed E-state index contributed by atoms with van der Waals surface area (Å²) in [5.41, 5.74) is 2.93. The Morgan fingerprint density at radius 2 is 1.80 bits per heavy atom. The largest absolute Gasteiger partial charge is 0.0999 e. The summed E-state index contributed by atoms with van der Waals surface area (Å²) in [6, 6.07) is 0. The van der Waals surface area contributed by atoms with Crippen LogP contribution in [0.3, 0.4) is 0 Å². The van der Waals surface area contributed by atoms with Crippen molar-refractivity contribution in [3.63, 3.8) is 0 Å². The molecular formula is C20H32. The molecule has 0 radical (unpaired) electrons. The normalized spacial score (nSPS) is 55.0. The lowest BCUT2D eigenvalue weighted by Gasteiger charge is -2.60. The van der Waals surface area contributed by atoms with Crippen molar-refractivity contribution in [2.45, 2.75) is 78.1 Å². The van der Waals surface area contributed by atoms with Gasteiger partial charge in [0, 0.05) is 0 Å². The van der Waals surface area contributed by atoms with Gasteiger partial charge >= 0.3 is 0 Å². The van der Waals surface area contributed by atoms with E-state index < -0.39 is 0 Å². The van der Waals surface area contributed by atoms with Gasteiger partial charge in [-0.3, -0.25) is 0 Å². The first-order chi connectivity index (χ1) is 9.53. The van der Waals surface area contributed by atoms with Gasteiger partial charge in [-0.05, 0) is 92.3 Å². The molecule has 0 amide bonds. The van der Waals surface area contributed by atoms with E-state index in [4.69, 9.17) is 0 Å². The Balaban J connectivity index is 1.64. The Morgan fingerprint density at radius 3 is 2.65 bits per heavy atom. The molecule has 20 heavy (non-hydrogen) atoms. The maximum atomic E-state index is 4.30. The van der Waals surface area contributed by atoms with Crippen molar-refractivity contribution in [2.75, 3.05) is 0 Å². The van der Waals surface area contributed by atoms with Crippen LogP contribution in [0, 0.1) is 34.5 Å². The third kappa shape index (κ3) is 1.72. The molecule has 112 valence electrons. The zero-order valence-corrected chi connectivity index (χ0v) is 13.6. The van der Waals surface area contributed by atoms with E-state index in [0.717, 1.165) is 29.1 Å². The van der Waals surface area contributed by atoms with Crippen LogP contribution in [0.4, 0.5) is 0 Å². The minimum absolute atomic E-state index is 0.661. The summed E-state index contributed by atoms with van der Waals surface area (Å²) in [7, 11) is 0. The summed E-state index contributed by atoms with van der Waals surface area (Å²) in [6.45, 7) is 9.59. The first kappa shape index (κ1) is 13.4. The first-order valence-electron chi connectivity index (χ1n) is 9.20. The minimum Gasteiger partial charge on any atom is -0.0999 e. The number of fused-ring (bicyclic) bond motifs is 5. The molecule has 4 aliphatic carbocycles. The van der Waals surface area contributed by atoms with E-state index in [2.05, 4.69) is 20.4 Å². The molecular weight excluding hydrogens is 240 g/mol. The fraction of sp³-hybridized carbons (Fsp3) is 0.900. The van der Waals surface area contributed by atoms with Crippen molar-refractivity contribution >= 4 is 0 Å². The topological polar surface area (TPSA) is 0 Å². The second kappa shape index (κ2) is 4.37. The van der Waals surface area contributed by atoms with Crippen LogP contribution in [0.1, 0.15) is 78.1 Å². The van der Waals surface area contributed by atoms with Gasteiger partial charge in [0.2, 0.25) is 0 Å². The molecule has 0 heterocycles. The molecule has 4 saturated carbocycles. The molecule has 0 aromatic carbocycles. The maximum absolute atomic E-state index is 4.30. The average Bonchev–Trinajstić information content (AvgIpc) is 2.81. The lowest BCUT2D eigenvalue weighted by molar-refractivity contribution is -0.0963. The Kier molecular flexibility index (Phi) is 2.93. The highest BCUT2D eigenvalue weighted by Crippen LogP contribution is 2.66. The number of hydrogen-bond acceptors (Lipinski definition) is 0. The summed E-state index contributed by atoms with van der Waals surface area (Å²) in [6.07, 6.45) is 14.8. The summed E-state index contributed by atoms with van der Waals surface area (Å²) < 4.78 is 0. The van der Waals surface area contributed by atoms with Crippen LogP contribution in [0.25, 0.3) is 0 Å². The lowest BCUT2D eigenvalue weighted by Crippen LogP contribution is -2.51. The molecule has 4 rings (SSSR count). The predicted octanol–water partition coefficient (Wildman–Crippen LogP) is 5.98. The molecule has 0 unspecified atom stereocenters. The van der Waals surface area contributed by atoms with E-state index in [9.17, 15) is 0 Å². The van der Waals surface area contributed by atoms with E-state index in [1.54, 1.807) is 18.4 Å². The monoisotopic (exact) mass is 272 g/mol. The molecule has 0 bridgehead atoms. The lowest BCUT2D eigenvalue weighted by atomic mass is 9.45. The van der Waals surface area contributed by atoms with Gasteiger partial charge in [0.1, 0.15) is 0 Å². The molecule has 4 aliphatic rings. The molecule has 6 atom stereocenters. The second-order valence-electron chi connectivity index (χ2n) is 9.20. The van der Waals surface area contributed by atoms with Crippen LogP contribution in [0.15, 0.2) is 12.2 Å². The third-order valence-electron chi connectivity index (χ3n) is 8.40. The van der Waals surface area contributed by atoms with E-state index in [1.807, 2.05) is 0 Å². The van der Waals surface area contributed by atoms with Crippen LogP contribution in [0.2, 0.25) is 0 Å². The van der Waals surface area contributed by atoms with E-state index >= 15 is 0 Å². The zero-order chi connectivity index (χ0) is 14.0. The number of allylic oxidation sites excluding steroid dienone is 1. The van der Waals surface area contributed by atoms with Gasteiger partial charge < -0.3 is 0 Å². The molecule has 0 N–H and O–H groups in total. The van der Waals surface area contributed by atoms with E-state index in [1.165, 1.54) is 51.4 Å². The van der Waals surface area contributed by atoms with Crippen LogP contribution >= 0.6 is 0 Å². The van der Waals surface area contributed by atoms with Crippen molar-refractivity contribution in [1.29, 1.82) is 0 Å². The van der Waals surface area contributed by atoms with Crippen LogP contribution in [-0.4, -0.2) is 0 Å². The standard InChI is InChI=1S/C20H32/c1-14-8-12-20(3)15(13-14)6-7-16-17-5-4-10-19(17,2)11-9-18(16)20/h15-18H,1,4-13H2,2-3H3/t15-,16+,17+,18+,19-,20-/m0/s1. The minimum atomic E-state index is 0.661. The summed E-state index contributed by atoms with van der Waals surface area (Å²) >= 11 is 0. The first-order valence-corrected chi connectivity index (χ1v) is 9.20. The SMILES string of the molecule is C=C1CC[C@@]2(C)[C@@H](CC[C@@H]3[C@H]4CCC[C@@]4(C)CC[C@H]32)C1. The Bertz CT molecular complexity index is 422. The van der Waals surface area contributed by atoms with Crippen LogP contribution in [-0.2, 0) is 0 Å². The molecule has 0 aromatic rings. The highest BCUT2D eigenvalue weighted by molar-refractivity contribution is 5.12. The highest BCUT2D eigenvalue weighted by Gasteiger charge is 2.57. The van der Waals surface area contributed by atoms with Crippen molar-refractivity contribution < 1.29 is 0 Å². The van der Waals surface area contributed by atoms with E-state index in [-0.39, 0.29) is 0 Å². The molecule has 0 aromatic heterocycles. The fourth-order valence-electron chi connectivity index (χ4n) is 7.15. The smallest absolute Gasteiger partial charge is 0.0260 e. The van der Waals surface area contributed by atoms with Crippen LogP contribution in [0.5, 0.6) is 0 Å². The van der Waals surface area contributed by atoms with Crippen molar-refractivity contribution in [2.24, 2.45) is 34.5 Å². The van der Waals surface area contributed by atoms with Gasteiger partial charge in [-0.25, -0.2) is 0 Å². The number of hydrogen-bond donors (Lipinski definition) is 0. The quantitative estimate of drug-likeness (QED) is 0.476. The van der Waals surface area contributed by atoms with Gasteiger partial charge in [0.05, 0.1) is 0 Å². The van der Waals surface area contributed by atoms with Gasteiger partial charge in [-0.2, -0.15) is 0 Å². The Morgan fingerprint density at radius 1 is 0.950 bits per heavy atom. The zero-order valence-electron chi connectivity index (χ0n) is 13.6. The predicted molar refractivity (Wildman–Crippen MR) is 85.5 cm³/mol. The maximum Gasteiger partial charge on any atom is -0.0260 e. The third-order valence-corrected chi connectivity index (χ3v) is 8.40. The number of rotatable bonds is 0. The molecule has 0 heteroatoms. The van der Waals surface area contributed by atoms with Crippen molar-refractivity contribution in [3.05, 3.63) is 12.2 Å². The molecule has 0 saturated heterocycles. The molecule has 0 aliphatic heterocycles. The van der Waals surface area contributed by atoms with Gasteiger partial charge in [0.25, 0.3) is 0 Å². The summed E-state index contributed by atoms with van der Waals surface area (Å²) in [5, 5.41) is 0. The Labute approximate surface area is 125 Å². The molecule has 0 spiro atoms. The van der Waals surface area contributed by atoms with Gasteiger partial charge in [0.15, 0.2) is 0 Å². The summed E-state index contributed by atoms with van der Waals surface area (Å²) in [4.78, 5) is 0. The summed E-state index contributed by atoms with van der Waals surface area (Å²) in [5.74, 6) is 4.16. The van der Waals surface area contributed by atoms with E-state index in [0.29, 0.717) is 5.41 Å². The van der Waals surface area contributed by atoms with Crippen molar-refractivity contribution in [1.82, 2.24) is 0 Å². The van der Waals surface area contributed by atoms with Crippen LogP contribution < -0.4 is 0 Å². The molecule has 0 nitrogen and oxygen atoms in total. The highest BCUT2D eigenvalue weighted by atomic mass is 14.6. The average molecular weight is 272 g/mol. The Hall–Kier alpha value is -0.260. The van der Waals surface area contributed by atoms with Gasteiger partial charge in [-0.15, -0.1) is 0 Å². The fourth-order valence-corrected chi connectivity index (χ4v) is 7.15. The van der Waals surface area contributed by atoms with Crippen molar-refractivity contribution in [3.8, 4) is 0 Å².